The van der Waals surface area contributed by atoms with Crippen molar-refractivity contribution >= 4 is 21.6 Å². The van der Waals surface area contributed by atoms with Gasteiger partial charge < -0.3 is 0 Å². The van der Waals surface area contributed by atoms with Crippen LogP contribution in [0.2, 0.25) is 0 Å². The summed E-state index contributed by atoms with van der Waals surface area (Å²) in [6, 6.07) is 17.9. The zero-order valence-electron chi connectivity index (χ0n) is 13.7. The minimum absolute atomic E-state index is 0.0668. The monoisotopic (exact) mass is 359 g/mol. The first-order chi connectivity index (χ1) is 11.6. The summed E-state index contributed by atoms with van der Waals surface area (Å²) in [4.78, 5) is 0.361. The predicted octanol–water partition coefficient (Wildman–Crippen LogP) is 4.61. The highest BCUT2D eigenvalue weighted by atomic mass is 32.2. The first-order valence-corrected chi connectivity index (χ1v) is 10.7. The van der Waals surface area contributed by atoms with E-state index >= 15 is 0 Å². The molecule has 0 N–H and O–H groups in total. The van der Waals surface area contributed by atoms with Gasteiger partial charge in [-0.2, -0.15) is 17.0 Å². The fourth-order valence-corrected chi connectivity index (χ4v) is 5.67. The topological polar surface area (TPSA) is 57.9 Å². The molecule has 0 radical (unpaired) electrons. The summed E-state index contributed by atoms with van der Waals surface area (Å²) < 4.78 is 25.4. The second-order valence-electron chi connectivity index (χ2n) is 5.54. The van der Waals surface area contributed by atoms with Crippen molar-refractivity contribution in [2.24, 2.45) is 0 Å². The van der Waals surface area contributed by atoms with Gasteiger partial charge in [-0.3, -0.25) is 0 Å². The predicted molar refractivity (Wildman–Crippen MR) is 99.8 cm³/mol. The maximum atomic E-state index is 12.7. The number of hydrogen-bond donors (Lipinski definition) is 0. The maximum absolute atomic E-state index is 12.7. The molecule has 0 aliphatic rings. The van der Waals surface area contributed by atoms with Gasteiger partial charge in [0.1, 0.15) is 0 Å². The van der Waals surface area contributed by atoms with Crippen LogP contribution in [0.15, 0.2) is 59.5 Å². The van der Waals surface area contributed by atoms with Crippen LogP contribution in [0, 0.1) is 11.3 Å². The van der Waals surface area contributed by atoms with E-state index in [4.69, 9.17) is 5.26 Å². The Kier molecular flexibility index (Phi) is 6.89. The van der Waals surface area contributed by atoms with Crippen LogP contribution in [0.1, 0.15) is 36.1 Å². The molecule has 0 spiro atoms. The zero-order valence-corrected chi connectivity index (χ0v) is 15.3. The van der Waals surface area contributed by atoms with Crippen LogP contribution >= 0.6 is 11.8 Å². The van der Waals surface area contributed by atoms with Gasteiger partial charge in [-0.25, -0.2) is 8.42 Å². The van der Waals surface area contributed by atoms with Crippen molar-refractivity contribution in [2.45, 2.75) is 29.9 Å². The number of benzene rings is 2. The molecule has 0 amide bonds. The number of sulfone groups is 1. The van der Waals surface area contributed by atoms with Crippen molar-refractivity contribution in [3.63, 3.8) is 0 Å². The van der Waals surface area contributed by atoms with Gasteiger partial charge in [-0.05, 0) is 42.0 Å². The molecule has 0 aromatic heterocycles. The number of hydrogen-bond acceptors (Lipinski definition) is 4. The van der Waals surface area contributed by atoms with Crippen molar-refractivity contribution in [2.75, 3.05) is 11.5 Å². The Bertz CT molecular complexity index is 778. The molecule has 1 atom stereocenters. The summed E-state index contributed by atoms with van der Waals surface area (Å²) in [5.41, 5.74) is 1.54. The lowest BCUT2D eigenvalue weighted by atomic mass is 10.1. The maximum Gasteiger partial charge on any atom is 0.179 e. The Balaban J connectivity index is 2.23. The molecule has 0 fully saturated rings. The highest BCUT2D eigenvalue weighted by molar-refractivity contribution is 8.00. The third-order valence-electron chi connectivity index (χ3n) is 3.70. The van der Waals surface area contributed by atoms with Crippen LogP contribution in [-0.4, -0.2) is 19.9 Å². The van der Waals surface area contributed by atoms with E-state index in [0.29, 0.717) is 10.5 Å². The second kappa shape index (κ2) is 8.91. The molecular weight excluding hydrogens is 338 g/mol. The normalized spacial score (nSPS) is 12.5. The Hall–Kier alpha value is -1.77. The molecule has 2 rings (SSSR count). The molecule has 0 bridgehead atoms. The Morgan fingerprint density at radius 3 is 2.33 bits per heavy atom. The zero-order chi connectivity index (χ0) is 17.4. The fraction of sp³-hybridized carbons (Fsp3) is 0.316. The molecule has 24 heavy (non-hydrogen) atoms. The largest absolute Gasteiger partial charge is 0.224 e. The summed E-state index contributed by atoms with van der Waals surface area (Å²) in [5.74, 6) is 0.989. The quantitative estimate of drug-likeness (QED) is 0.646. The highest BCUT2D eigenvalue weighted by Crippen LogP contribution is 2.33. The standard InChI is InChI=1S/C19H21NO2S2/c1-2-3-13-23-19(17-11-9-16(14-20)10-12-17)15-24(21,22)18-7-5-4-6-8-18/h4-12,19H,2-3,13,15H2,1H3/t19-/m1/s1. The molecule has 0 saturated heterocycles. The average Bonchev–Trinajstić information content (AvgIpc) is 2.62. The van der Waals surface area contributed by atoms with E-state index in [2.05, 4.69) is 13.0 Å². The third kappa shape index (κ3) is 5.12. The van der Waals surface area contributed by atoms with Crippen LogP contribution in [0.25, 0.3) is 0 Å². The van der Waals surface area contributed by atoms with E-state index in [9.17, 15) is 8.42 Å². The summed E-state index contributed by atoms with van der Waals surface area (Å²) in [7, 11) is -3.35. The molecule has 0 unspecified atom stereocenters. The number of thioether (sulfide) groups is 1. The molecule has 0 aliphatic heterocycles. The van der Waals surface area contributed by atoms with Crippen LogP contribution < -0.4 is 0 Å². The van der Waals surface area contributed by atoms with Crippen LogP contribution in [0.5, 0.6) is 0 Å². The van der Waals surface area contributed by atoms with Crippen molar-refractivity contribution in [1.82, 2.24) is 0 Å². The first-order valence-electron chi connectivity index (χ1n) is 7.96. The second-order valence-corrected chi connectivity index (χ2v) is 8.89. The molecule has 0 heterocycles. The Labute approximate surface area is 148 Å². The average molecular weight is 360 g/mol. The van der Waals surface area contributed by atoms with Crippen LogP contribution in [0.3, 0.4) is 0 Å². The van der Waals surface area contributed by atoms with Gasteiger partial charge in [0.05, 0.1) is 22.3 Å². The van der Waals surface area contributed by atoms with Gasteiger partial charge in [-0.1, -0.05) is 43.7 Å². The smallest absolute Gasteiger partial charge is 0.179 e. The van der Waals surface area contributed by atoms with Gasteiger partial charge in [-0.15, -0.1) is 0 Å². The summed E-state index contributed by atoms with van der Waals surface area (Å²) in [6.45, 7) is 2.12. The molecule has 2 aromatic carbocycles. The number of unbranched alkanes of at least 4 members (excludes halogenated alkanes) is 1. The number of rotatable bonds is 8. The van der Waals surface area contributed by atoms with Crippen LogP contribution in [0.4, 0.5) is 0 Å². The van der Waals surface area contributed by atoms with Crippen molar-refractivity contribution < 1.29 is 8.42 Å². The summed E-state index contributed by atoms with van der Waals surface area (Å²) >= 11 is 1.67. The fourth-order valence-electron chi connectivity index (χ4n) is 2.31. The molecular formula is C19H21NO2S2. The molecule has 0 aliphatic carbocycles. The minimum Gasteiger partial charge on any atom is -0.224 e. The van der Waals surface area contributed by atoms with Crippen molar-refractivity contribution in [1.29, 1.82) is 5.26 Å². The van der Waals surface area contributed by atoms with E-state index in [1.807, 2.05) is 18.2 Å². The lowest BCUT2D eigenvalue weighted by molar-refractivity contribution is 0.595. The SMILES string of the molecule is CCCCS[C@H](CS(=O)(=O)c1ccccc1)c1ccc(C#N)cc1. The van der Waals surface area contributed by atoms with E-state index in [-0.39, 0.29) is 11.0 Å². The molecule has 0 saturated carbocycles. The Morgan fingerprint density at radius 1 is 1.08 bits per heavy atom. The van der Waals surface area contributed by atoms with E-state index < -0.39 is 9.84 Å². The van der Waals surface area contributed by atoms with Crippen molar-refractivity contribution in [3.05, 3.63) is 65.7 Å². The highest BCUT2D eigenvalue weighted by Gasteiger charge is 2.23. The van der Waals surface area contributed by atoms with Gasteiger partial charge in [0, 0.05) is 5.25 Å². The van der Waals surface area contributed by atoms with Gasteiger partial charge >= 0.3 is 0 Å². The van der Waals surface area contributed by atoms with Gasteiger partial charge in [0.15, 0.2) is 9.84 Å². The number of nitrogens with zero attached hydrogens (tertiary/aromatic N) is 1. The molecule has 5 heteroatoms. The van der Waals surface area contributed by atoms with Gasteiger partial charge in [0.25, 0.3) is 0 Å². The lowest BCUT2D eigenvalue weighted by Crippen LogP contribution is -2.13. The summed E-state index contributed by atoms with van der Waals surface area (Å²) in [6.07, 6.45) is 2.14. The van der Waals surface area contributed by atoms with Gasteiger partial charge in [0.2, 0.25) is 0 Å². The minimum atomic E-state index is -3.35. The molecule has 2 aromatic rings. The molecule has 3 nitrogen and oxygen atoms in total. The van der Waals surface area contributed by atoms with E-state index in [1.54, 1.807) is 48.2 Å². The molecule has 126 valence electrons. The Morgan fingerprint density at radius 2 is 1.75 bits per heavy atom. The number of nitriles is 1. The third-order valence-corrected chi connectivity index (χ3v) is 7.04. The lowest BCUT2D eigenvalue weighted by Gasteiger charge is -2.17. The van der Waals surface area contributed by atoms with E-state index in [1.165, 1.54) is 0 Å². The van der Waals surface area contributed by atoms with Crippen molar-refractivity contribution in [3.8, 4) is 6.07 Å². The van der Waals surface area contributed by atoms with E-state index in [0.717, 1.165) is 24.2 Å². The summed E-state index contributed by atoms with van der Waals surface area (Å²) in [5, 5.41) is 8.79. The van der Waals surface area contributed by atoms with Crippen LogP contribution in [-0.2, 0) is 9.84 Å². The first kappa shape index (κ1) is 18.6.